The number of hydrogen-bond donors (Lipinski definition) is 1. The van der Waals surface area contributed by atoms with Gasteiger partial charge in [-0.1, -0.05) is 11.6 Å². The Balaban J connectivity index is 2.60. The van der Waals surface area contributed by atoms with Crippen LogP contribution in [0, 0.1) is 6.92 Å². The van der Waals surface area contributed by atoms with Gasteiger partial charge in [0.05, 0.1) is 11.6 Å². The number of halogens is 1. The molecule has 1 N–H and O–H groups in total. The molecule has 0 atom stereocenters. The molecule has 0 saturated carbocycles. The SMILES string of the molecule is Cc1c(O)c(Cl)cc2c1CCCO2. The van der Waals surface area contributed by atoms with Crippen LogP contribution < -0.4 is 4.74 Å². The van der Waals surface area contributed by atoms with Gasteiger partial charge in [-0.05, 0) is 25.3 Å². The van der Waals surface area contributed by atoms with E-state index in [-0.39, 0.29) is 5.75 Å². The fourth-order valence-corrected chi connectivity index (χ4v) is 1.89. The predicted molar refractivity (Wildman–Crippen MR) is 51.7 cm³/mol. The average Bonchev–Trinajstić information content (AvgIpc) is 2.15. The van der Waals surface area contributed by atoms with Crippen LogP contribution in [-0.2, 0) is 6.42 Å². The third kappa shape index (κ3) is 1.35. The van der Waals surface area contributed by atoms with Gasteiger partial charge in [-0.25, -0.2) is 0 Å². The average molecular weight is 199 g/mol. The van der Waals surface area contributed by atoms with Gasteiger partial charge in [-0.2, -0.15) is 0 Å². The second-order valence-electron chi connectivity index (χ2n) is 3.26. The minimum atomic E-state index is 0.186. The topological polar surface area (TPSA) is 29.5 Å². The van der Waals surface area contributed by atoms with E-state index in [2.05, 4.69) is 0 Å². The Kier molecular flexibility index (Phi) is 2.08. The van der Waals surface area contributed by atoms with E-state index in [1.165, 1.54) is 0 Å². The number of benzene rings is 1. The van der Waals surface area contributed by atoms with E-state index in [1.807, 2.05) is 6.92 Å². The number of phenolic OH excluding ortho intramolecular Hbond substituents is 1. The smallest absolute Gasteiger partial charge is 0.137 e. The summed E-state index contributed by atoms with van der Waals surface area (Å²) >= 11 is 5.82. The summed E-state index contributed by atoms with van der Waals surface area (Å²) in [4.78, 5) is 0. The third-order valence-corrected chi connectivity index (χ3v) is 2.71. The molecular weight excluding hydrogens is 188 g/mol. The maximum absolute atomic E-state index is 9.57. The third-order valence-electron chi connectivity index (χ3n) is 2.42. The molecule has 1 heterocycles. The van der Waals surface area contributed by atoms with Gasteiger partial charge in [-0.15, -0.1) is 0 Å². The van der Waals surface area contributed by atoms with E-state index in [9.17, 15) is 5.11 Å². The molecule has 0 radical (unpaired) electrons. The van der Waals surface area contributed by atoms with Crippen molar-refractivity contribution in [2.75, 3.05) is 6.61 Å². The zero-order chi connectivity index (χ0) is 9.42. The van der Waals surface area contributed by atoms with Crippen molar-refractivity contribution in [1.29, 1.82) is 0 Å². The molecule has 70 valence electrons. The summed E-state index contributed by atoms with van der Waals surface area (Å²) in [7, 11) is 0. The van der Waals surface area contributed by atoms with Gasteiger partial charge in [-0.3, -0.25) is 0 Å². The molecule has 0 amide bonds. The van der Waals surface area contributed by atoms with Crippen molar-refractivity contribution in [2.45, 2.75) is 19.8 Å². The van der Waals surface area contributed by atoms with Gasteiger partial charge in [0.1, 0.15) is 11.5 Å². The van der Waals surface area contributed by atoms with Crippen molar-refractivity contribution in [3.05, 3.63) is 22.2 Å². The first-order valence-corrected chi connectivity index (χ1v) is 4.71. The Morgan fingerprint density at radius 2 is 2.31 bits per heavy atom. The number of fused-ring (bicyclic) bond motifs is 1. The van der Waals surface area contributed by atoms with Crippen LogP contribution in [0.4, 0.5) is 0 Å². The van der Waals surface area contributed by atoms with Gasteiger partial charge < -0.3 is 9.84 Å². The van der Waals surface area contributed by atoms with E-state index >= 15 is 0 Å². The van der Waals surface area contributed by atoms with Crippen molar-refractivity contribution >= 4 is 11.6 Å². The maximum Gasteiger partial charge on any atom is 0.137 e. The largest absolute Gasteiger partial charge is 0.506 e. The Bertz CT molecular complexity index is 347. The number of phenols is 1. The van der Waals surface area contributed by atoms with Crippen LogP contribution in [0.25, 0.3) is 0 Å². The summed E-state index contributed by atoms with van der Waals surface area (Å²) in [5.41, 5.74) is 1.94. The van der Waals surface area contributed by atoms with E-state index < -0.39 is 0 Å². The first-order valence-electron chi connectivity index (χ1n) is 4.34. The molecule has 3 heteroatoms. The molecule has 13 heavy (non-hydrogen) atoms. The van der Waals surface area contributed by atoms with Crippen molar-refractivity contribution in [3.63, 3.8) is 0 Å². The molecule has 2 nitrogen and oxygen atoms in total. The molecule has 0 aromatic heterocycles. The number of ether oxygens (including phenoxy) is 1. The lowest BCUT2D eigenvalue weighted by atomic mass is 10.0. The lowest BCUT2D eigenvalue weighted by molar-refractivity contribution is 0.287. The molecule has 1 aromatic rings. The van der Waals surface area contributed by atoms with E-state index in [0.29, 0.717) is 5.02 Å². The molecule has 0 unspecified atom stereocenters. The lowest BCUT2D eigenvalue weighted by Crippen LogP contribution is -2.09. The van der Waals surface area contributed by atoms with Crippen LogP contribution in [0.1, 0.15) is 17.5 Å². The summed E-state index contributed by atoms with van der Waals surface area (Å²) in [5, 5.41) is 9.95. The van der Waals surface area contributed by atoms with Crippen LogP contribution in [0.5, 0.6) is 11.5 Å². The highest BCUT2D eigenvalue weighted by molar-refractivity contribution is 6.32. The highest BCUT2D eigenvalue weighted by Gasteiger charge is 2.17. The fourth-order valence-electron chi connectivity index (χ4n) is 1.65. The first kappa shape index (κ1) is 8.70. The summed E-state index contributed by atoms with van der Waals surface area (Å²) in [5.74, 6) is 1.01. The summed E-state index contributed by atoms with van der Waals surface area (Å²) in [6.45, 7) is 2.61. The van der Waals surface area contributed by atoms with Crippen LogP contribution in [0.2, 0.25) is 5.02 Å². The van der Waals surface area contributed by atoms with Crippen LogP contribution in [0.3, 0.4) is 0 Å². The molecule has 1 aliphatic rings. The van der Waals surface area contributed by atoms with Crippen LogP contribution in [-0.4, -0.2) is 11.7 Å². The minimum absolute atomic E-state index is 0.186. The molecule has 0 aliphatic carbocycles. The summed E-state index contributed by atoms with van der Waals surface area (Å²) in [6.07, 6.45) is 1.97. The normalized spacial score (nSPS) is 14.9. The second kappa shape index (κ2) is 3.11. The standard InChI is InChI=1S/C10H11ClO2/c1-6-7-3-2-4-13-9(7)5-8(11)10(6)12/h5,12H,2-4H2,1H3. The maximum atomic E-state index is 9.57. The van der Waals surface area contributed by atoms with Crippen molar-refractivity contribution in [3.8, 4) is 11.5 Å². The molecule has 0 bridgehead atoms. The van der Waals surface area contributed by atoms with Crippen molar-refractivity contribution in [2.24, 2.45) is 0 Å². The summed E-state index contributed by atoms with van der Waals surface area (Å²) in [6, 6.07) is 1.69. The molecule has 2 rings (SSSR count). The predicted octanol–water partition coefficient (Wildman–Crippen LogP) is 2.68. The van der Waals surface area contributed by atoms with Gasteiger partial charge in [0.25, 0.3) is 0 Å². The van der Waals surface area contributed by atoms with Crippen LogP contribution >= 0.6 is 11.6 Å². The van der Waals surface area contributed by atoms with Gasteiger partial charge in [0.2, 0.25) is 0 Å². The molecule has 0 fully saturated rings. The molecule has 1 aromatic carbocycles. The molecule has 0 saturated heterocycles. The molecular formula is C10H11ClO2. The fraction of sp³-hybridized carbons (Fsp3) is 0.400. The minimum Gasteiger partial charge on any atom is -0.506 e. The number of hydrogen-bond acceptors (Lipinski definition) is 2. The van der Waals surface area contributed by atoms with Crippen molar-refractivity contribution < 1.29 is 9.84 Å². The van der Waals surface area contributed by atoms with Gasteiger partial charge >= 0.3 is 0 Å². The Hall–Kier alpha value is -0.890. The quantitative estimate of drug-likeness (QED) is 0.695. The Morgan fingerprint density at radius 3 is 3.08 bits per heavy atom. The van der Waals surface area contributed by atoms with E-state index in [1.54, 1.807) is 6.07 Å². The lowest BCUT2D eigenvalue weighted by Gasteiger charge is -2.20. The van der Waals surface area contributed by atoms with Crippen molar-refractivity contribution in [1.82, 2.24) is 0 Å². The molecule has 0 spiro atoms. The Labute approximate surface area is 82.1 Å². The van der Waals surface area contributed by atoms with Crippen LogP contribution in [0.15, 0.2) is 6.07 Å². The molecule has 1 aliphatic heterocycles. The highest BCUT2D eigenvalue weighted by Crippen LogP contribution is 2.38. The first-order chi connectivity index (χ1) is 6.20. The van der Waals surface area contributed by atoms with E-state index in [4.69, 9.17) is 16.3 Å². The summed E-state index contributed by atoms with van der Waals surface area (Å²) < 4.78 is 5.44. The highest BCUT2D eigenvalue weighted by atomic mass is 35.5. The number of aromatic hydroxyl groups is 1. The zero-order valence-corrected chi connectivity index (χ0v) is 8.19. The Morgan fingerprint density at radius 1 is 1.54 bits per heavy atom. The van der Waals surface area contributed by atoms with E-state index in [0.717, 1.165) is 36.3 Å². The second-order valence-corrected chi connectivity index (χ2v) is 3.67. The zero-order valence-electron chi connectivity index (χ0n) is 7.43. The monoisotopic (exact) mass is 198 g/mol. The van der Waals surface area contributed by atoms with Gasteiger partial charge in [0, 0.05) is 11.6 Å². The number of rotatable bonds is 0. The van der Waals surface area contributed by atoms with Gasteiger partial charge in [0.15, 0.2) is 0 Å².